The molecule has 4 aromatic rings. The molecule has 33 heavy (non-hydrogen) atoms. The number of benzene rings is 1. The number of H-pyrrole nitrogens is 2. The van der Waals surface area contributed by atoms with Crippen LogP contribution in [0.15, 0.2) is 66.7 Å². The Morgan fingerprint density at radius 3 is 2.00 bits per heavy atom. The van der Waals surface area contributed by atoms with Gasteiger partial charge in [0.05, 0.1) is 22.8 Å². The van der Waals surface area contributed by atoms with Crippen LogP contribution in [-0.2, 0) is 0 Å². The average Bonchev–Trinajstić information content (AvgIpc) is 3.60. The average molecular weight is 429 g/mol. The van der Waals surface area contributed by atoms with Gasteiger partial charge in [-0.1, -0.05) is 44.2 Å². The Labute approximate surface area is 192 Å². The monoisotopic (exact) mass is 428 g/mol. The van der Waals surface area contributed by atoms with E-state index in [0.717, 1.165) is 56.0 Å². The van der Waals surface area contributed by atoms with Gasteiger partial charge in [-0.05, 0) is 72.2 Å². The topological polar surface area (TPSA) is 57.4 Å². The van der Waals surface area contributed by atoms with Crippen LogP contribution in [0, 0.1) is 0 Å². The molecule has 0 amide bonds. The molecule has 1 aromatic carbocycles. The number of hydrogen-bond acceptors (Lipinski definition) is 2. The quantitative estimate of drug-likeness (QED) is 0.301. The fraction of sp³-hybridized carbons (Fsp3) is 0.103. The van der Waals surface area contributed by atoms with Gasteiger partial charge in [-0.3, -0.25) is 0 Å². The van der Waals surface area contributed by atoms with Gasteiger partial charge in [-0.25, -0.2) is 9.97 Å². The maximum Gasteiger partial charge on any atom is 0.0736 e. The van der Waals surface area contributed by atoms with Crippen molar-refractivity contribution in [2.75, 3.05) is 0 Å². The van der Waals surface area contributed by atoms with E-state index in [-0.39, 0.29) is 0 Å². The van der Waals surface area contributed by atoms with Gasteiger partial charge in [0.2, 0.25) is 0 Å². The Kier molecular flexibility index (Phi) is 4.58. The lowest BCUT2D eigenvalue weighted by molar-refractivity contribution is 0.864. The van der Waals surface area contributed by atoms with E-state index in [0.29, 0.717) is 5.92 Å². The van der Waals surface area contributed by atoms with Crippen molar-refractivity contribution in [3.8, 4) is 11.1 Å². The van der Waals surface area contributed by atoms with Gasteiger partial charge in [0.25, 0.3) is 0 Å². The molecule has 0 radical (unpaired) electrons. The zero-order valence-corrected chi connectivity index (χ0v) is 18.6. The lowest BCUT2D eigenvalue weighted by Crippen LogP contribution is -1.92. The highest BCUT2D eigenvalue weighted by molar-refractivity contribution is 5.91. The fourth-order valence-corrected chi connectivity index (χ4v) is 4.61. The Morgan fingerprint density at radius 2 is 1.27 bits per heavy atom. The van der Waals surface area contributed by atoms with Crippen molar-refractivity contribution in [3.63, 3.8) is 0 Å². The van der Waals surface area contributed by atoms with Gasteiger partial charge in [-0.15, -0.1) is 0 Å². The molecule has 6 rings (SSSR count). The SMILES string of the molecule is CC(C)c1c2nc(cc3nc(c(-c4ccccc4)c4ccc(cc5ccc1[nH]5)[nH]4)C=C3)C=C2. The normalized spacial score (nSPS) is 12.6. The summed E-state index contributed by atoms with van der Waals surface area (Å²) in [7, 11) is 0. The number of nitrogens with one attached hydrogen (secondary N) is 2. The lowest BCUT2D eigenvalue weighted by atomic mass is 10.0. The molecular formula is C29H24N4. The molecule has 0 atom stereocenters. The molecule has 5 heterocycles. The van der Waals surface area contributed by atoms with Gasteiger partial charge < -0.3 is 9.97 Å². The van der Waals surface area contributed by atoms with Gasteiger partial charge >= 0.3 is 0 Å². The van der Waals surface area contributed by atoms with E-state index >= 15 is 0 Å². The van der Waals surface area contributed by atoms with Gasteiger partial charge in [0.1, 0.15) is 0 Å². The predicted octanol–water partition coefficient (Wildman–Crippen LogP) is 7.45. The molecule has 160 valence electrons. The van der Waals surface area contributed by atoms with Gasteiger partial charge in [0, 0.05) is 33.2 Å². The summed E-state index contributed by atoms with van der Waals surface area (Å²) in [6.07, 6.45) is 8.32. The van der Waals surface area contributed by atoms with Crippen molar-refractivity contribution >= 4 is 46.4 Å². The first kappa shape index (κ1) is 19.5. The maximum atomic E-state index is 4.95. The Balaban J connectivity index is 1.73. The van der Waals surface area contributed by atoms with Crippen LogP contribution in [-0.4, -0.2) is 19.9 Å². The van der Waals surface area contributed by atoms with E-state index in [1.807, 2.05) is 12.1 Å². The first-order valence-corrected chi connectivity index (χ1v) is 11.3. The van der Waals surface area contributed by atoms with Crippen LogP contribution in [0.5, 0.6) is 0 Å². The van der Waals surface area contributed by atoms with Crippen LogP contribution in [0.1, 0.15) is 48.1 Å². The highest BCUT2D eigenvalue weighted by atomic mass is 14.8. The molecule has 0 saturated carbocycles. The van der Waals surface area contributed by atoms with Gasteiger partial charge in [0.15, 0.2) is 0 Å². The molecule has 0 fully saturated rings. The van der Waals surface area contributed by atoms with Gasteiger partial charge in [-0.2, -0.15) is 0 Å². The van der Waals surface area contributed by atoms with Crippen LogP contribution in [0.25, 0.3) is 57.5 Å². The Hall–Kier alpha value is -4.18. The van der Waals surface area contributed by atoms with Crippen molar-refractivity contribution in [1.82, 2.24) is 19.9 Å². The first-order valence-electron chi connectivity index (χ1n) is 11.3. The summed E-state index contributed by atoms with van der Waals surface area (Å²) in [5, 5.41) is 0. The molecule has 4 nitrogen and oxygen atoms in total. The highest BCUT2D eigenvalue weighted by Gasteiger charge is 2.13. The molecular weight excluding hydrogens is 404 g/mol. The predicted molar refractivity (Wildman–Crippen MR) is 138 cm³/mol. The van der Waals surface area contributed by atoms with Crippen LogP contribution in [0.2, 0.25) is 0 Å². The summed E-state index contributed by atoms with van der Waals surface area (Å²) in [5.74, 6) is 0.335. The summed E-state index contributed by atoms with van der Waals surface area (Å²) in [6.45, 7) is 4.42. The minimum atomic E-state index is 0.335. The zero-order valence-electron chi connectivity index (χ0n) is 18.6. The van der Waals surface area contributed by atoms with Crippen LogP contribution in [0.4, 0.5) is 0 Å². The van der Waals surface area contributed by atoms with E-state index < -0.39 is 0 Å². The molecule has 8 bridgehead atoms. The van der Waals surface area contributed by atoms with Crippen LogP contribution in [0.3, 0.4) is 0 Å². The van der Waals surface area contributed by atoms with Crippen molar-refractivity contribution in [1.29, 1.82) is 0 Å². The second kappa shape index (κ2) is 7.75. The molecule has 0 saturated heterocycles. The van der Waals surface area contributed by atoms with E-state index in [1.54, 1.807) is 0 Å². The van der Waals surface area contributed by atoms with E-state index in [1.165, 1.54) is 5.56 Å². The smallest absolute Gasteiger partial charge is 0.0736 e. The molecule has 2 aliphatic rings. The molecule has 0 spiro atoms. The second-order valence-corrected chi connectivity index (χ2v) is 8.76. The molecule has 2 N–H and O–H groups in total. The first-order chi connectivity index (χ1) is 16.1. The highest BCUT2D eigenvalue weighted by Crippen LogP contribution is 2.30. The summed E-state index contributed by atoms with van der Waals surface area (Å²) in [5.41, 5.74) is 11.4. The number of fused-ring (bicyclic) bond motifs is 8. The van der Waals surface area contributed by atoms with Crippen molar-refractivity contribution in [3.05, 3.63) is 95.1 Å². The summed E-state index contributed by atoms with van der Waals surface area (Å²) < 4.78 is 0. The Bertz CT molecular complexity index is 1580. The lowest BCUT2D eigenvalue weighted by Gasteiger charge is -2.06. The van der Waals surface area contributed by atoms with Crippen molar-refractivity contribution < 1.29 is 0 Å². The summed E-state index contributed by atoms with van der Waals surface area (Å²) in [4.78, 5) is 17.1. The number of nitrogens with zero attached hydrogens (tertiary/aromatic N) is 2. The number of rotatable bonds is 2. The standard InChI is InChI=1S/C29H24N4/c1-18(2)28-24-12-8-20(30-24)16-22-10-14-26(32-22)29(19-6-4-3-5-7-19)27-15-11-23(33-27)17-21-9-13-25(28)31-21/h3-18,30,32H,1-2H3. The third-order valence-electron chi connectivity index (χ3n) is 6.08. The number of aromatic nitrogens is 4. The molecule has 3 aromatic heterocycles. The third kappa shape index (κ3) is 3.60. The fourth-order valence-electron chi connectivity index (χ4n) is 4.61. The number of hydrogen-bond donors (Lipinski definition) is 2. The Morgan fingerprint density at radius 1 is 0.636 bits per heavy atom. The molecule has 0 unspecified atom stereocenters. The van der Waals surface area contributed by atoms with Crippen LogP contribution >= 0.6 is 0 Å². The summed E-state index contributed by atoms with van der Waals surface area (Å²) in [6, 6.07) is 23.1. The molecule has 4 heteroatoms. The van der Waals surface area contributed by atoms with Crippen LogP contribution < -0.4 is 0 Å². The minimum absolute atomic E-state index is 0.335. The van der Waals surface area contributed by atoms with Crippen molar-refractivity contribution in [2.24, 2.45) is 0 Å². The maximum absolute atomic E-state index is 4.95. The molecule has 2 aliphatic heterocycles. The minimum Gasteiger partial charge on any atom is -0.355 e. The third-order valence-corrected chi connectivity index (χ3v) is 6.08. The summed E-state index contributed by atoms with van der Waals surface area (Å²) >= 11 is 0. The zero-order chi connectivity index (χ0) is 22.4. The van der Waals surface area contributed by atoms with Crippen molar-refractivity contribution in [2.45, 2.75) is 19.8 Å². The van der Waals surface area contributed by atoms with E-state index in [2.05, 4.69) is 103 Å². The second-order valence-electron chi connectivity index (χ2n) is 8.76. The van der Waals surface area contributed by atoms with E-state index in [4.69, 9.17) is 9.97 Å². The number of aromatic amines is 2. The molecule has 0 aliphatic carbocycles. The largest absolute Gasteiger partial charge is 0.355 e. The van der Waals surface area contributed by atoms with E-state index in [9.17, 15) is 0 Å².